The molecule has 0 fully saturated rings. The van der Waals surface area contributed by atoms with Gasteiger partial charge in [0.25, 0.3) is 6.43 Å². The van der Waals surface area contributed by atoms with Crippen LogP contribution in [0.4, 0.5) is 8.78 Å². The molecule has 0 aliphatic carbocycles. The lowest BCUT2D eigenvalue weighted by Crippen LogP contribution is -2.29. The first kappa shape index (κ1) is 14.7. The summed E-state index contributed by atoms with van der Waals surface area (Å²) in [5.41, 5.74) is 0. The van der Waals surface area contributed by atoms with Crippen molar-refractivity contribution >= 4 is 0 Å². The van der Waals surface area contributed by atoms with E-state index in [9.17, 15) is 8.78 Å². The molecule has 0 spiro atoms. The van der Waals surface area contributed by atoms with Gasteiger partial charge in [-0.25, -0.2) is 8.78 Å². The quantitative estimate of drug-likeness (QED) is 0.560. The average Bonchev–Trinajstić information content (AvgIpc) is 2.14. The van der Waals surface area contributed by atoms with E-state index in [1.807, 2.05) is 13.8 Å². The van der Waals surface area contributed by atoms with Crippen molar-refractivity contribution in [3.05, 3.63) is 0 Å². The molecular weight excluding hydrogens is 204 g/mol. The number of hydrogen-bond donors (Lipinski definition) is 0. The van der Waals surface area contributed by atoms with Crippen molar-refractivity contribution in [2.75, 3.05) is 33.4 Å². The summed E-state index contributed by atoms with van der Waals surface area (Å²) >= 11 is 0. The second kappa shape index (κ2) is 9.00. The largest absolute Gasteiger partial charge is 0.353 e. The van der Waals surface area contributed by atoms with Gasteiger partial charge in [-0.2, -0.15) is 0 Å². The van der Waals surface area contributed by atoms with Crippen LogP contribution >= 0.6 is 0 Å². The Kier molecular flexibility index (Phi) is 8.85. The fraction of sp³-hybridized carbons (Fsp3) is 1.00. The lowest BCUT2D eigenvalue weighted by Gasteiger charge is -2.21. The van der Waals surface area contributed by atoms with Crippen LogP contribution in [0.1, 0.15) is 20.3 Å². The Morgan fingerprint density at radius 2 is 1.67 bits per heavy atom. The highest BCUT2D eigenvalue weighted by Gasteiger charge is 2.12. The standard InChI is InChI=1S/C10H21F2NO2/c1-4-14-10(15-5-2)6-7-13(3)8-9(11)12/h9-10H,4-8H2,1-3H3. The van der Waals surface area contributed by atoms with E-state index in [1.54, 1.807) is 11.9 Å². The van der Waals surface area contributed by atoms with Gasteiger partial charge in [-0.05, 0) is 20.9 Å². The van der Waals surface area contributed by atoms with Crippen LogP contribution in [0.25, 0.3) is 0 Å². The van der Waals surface area contributed by atoms with Crippen LogP contribution in [0.15, 0.2) is 0 Å². The molecule has 0 aliphatic rings. The summed E-state index contributed by atoms with van der Waals surface area (Å²) in [5, 5.41) is 0. The predicted molar refractivity (Wildman–Crippen MR) is 55.2 cm³/mol. The second-order valence-corrected chi connectivity index (χ2v) is 3.28. The first-order valence-corrected chi connectivity index (χ1v) is 5.30. The molecule has 0 saturated carbocycles. The topological polar surface area (TPSA) is 21.7 Å². The Balaban J connectivity index is 3.67. The minimum absolute atomic E-state index is 0.203. The van der Waals surface area contributed by atoms with E-state index >= 15 is 0 Å². The molecule has 0 saturated heterocycles. The summed E-state index contributed by atoms with van der Waals surface area (Å²) in [4.78, 5) is 1.58. The zero-order valence-electron chi connectivity index (χ0n) is 9.71. The molecule has 0 unspecified atom stereocenters. The van der Waals surface area contributed by atoms with Gasteiger partial charge in [-0.15, -0.1) is 0 Å². The molecule has 15 heavy (non-hydrogen) atoms. The smallest absolute Gasteiger partial charge is 0.251 e. The van der Waals surface area contributed by atoms with Gasteiger partial charge in [0.1, 0.15) is 0 Å². The summed E-state index contributed by atoms with van der Waals surface area (Å²) in [6, 6.07) is 0. The Morgan fingerprint density at radius 1 is 1.13 bits per heavy atom. The van der Waals surface area contributed by atoms with Gasteiger partial charge in [0, 0.05) is 26.2 Å². The Morgan fingerprint density at radius 3 is 2.07 bits per heavy atom. The zero-order chi connectivity index (χ0) is 11.7. The van der Waals surface area contributed by atoms with Crippen LogP contribution in [-0.4, -0.2) is 51.0 Å². The van der Waals surface area contributed by atoms with Crippen LogP contribution in [0.3, 0.4) is 0 Å². The van der Waals surface area contributed by atoms with Crippen molar-refractivity contribution < 1.29 is 18.3 Å². The highest BCUT2D eigenvalue weighted by molar-refractivity contribution is 4.55. The molecule has 0 aromatic heterocycles. The lowest BCUT2D eigenvalue weighted by molar-refractivity contribution is -0.141. The van der Waals surface area contributed by atoms with E-state index < -0.39 is 6.43 Å². The number of halogens is 2. The van der Waals surface area contributed by atoms with E-state index in [4.69, 9.17) is 9.47 Å². The maximum absolute atomic E-state index is 12.0. The third-order valence-corrected chi connectivity index (χ3v) is 1.90. The fourth-order valence-electron chi connectivity index (χ4n) is 1.24. The van der Waals surface area contributed by atoms with Gasteiger partial charge >= 0.3 is 0 Å². The first-order chi connectivity index (χ1) is 7.10. The van der Waals surface area contributed by atoms with Crippen LogP contribution < -0.4 is 0 Å². The molecule has 0 rings (SSSR count). The van der Waals surface area contributed by atoms with Crippen molar-refractivity contribution in [1.82, 2.24) is 4.90 Å². The Labute approximate surface area is 90.3 Å². The minimum atomic E-state index is -2.28. The third kappa shape index (κ3) is 8.72. The summed E-state index contributed by atoms with van der Waals surface area (Å²) in [7, 11) is 1.67. The summed E-state index contributed by atoms with van der Waals surface area (Å²) in [6.45, 7) is 5.26. The molecule has 0 atom stereocenters. The van der Waals surface area contributed by atoms with Crippen LogP contribution in [0.5, 0.6) is 0 Å². The molecule has 0 amide bonds. The summed E-state index contributed by atoms with van der Waals surface area (Å²) < 4.78 is 34.6. The van der Waals surface area contributed by atoms with Gasteiger partial charge in [0.2, 0.25) is 0 Å². The molecule has 0 aliphatic heterocycles. The Hall–Kier alpha value is -0.260. The van der Waals surface area contributed by atoms with Crippen molar-refractivity contribution in [2.45, 2.75) is 33.0 Å². The summed E-state index contributed by atoms with van der Waals surface area (Å²) in [6.07, 6.45) is -1.95. The van der Waals surface area contributed by atoms with E-state index in [-0.39, 0.29) is 12.8 Å². The normalized spacial score (nSPS) is 12.0. The molecule has 0 aromatic carbocycles. The number of rotatable bonds is 9. The number of nitrogens with zero attached hydrogens (tertiary/aromatic N) is 1. The molecule has 0 bridgehead atoms. The molecule has 0 aromatic rings. The summed E-state index contributed by atoms with van der Waals surface area (Å²) in [5.74, 6) is 0. The Bertz CT molecular complexity index is 141. The van der Waals surface area contributed by atoms with Crippen molar-refractivity contribution in [3.8, 4) is 0 Å². The first-order valence-electron chi connectivity index (χ1n) is 5.30. The zero-order valence-corrected chi connectivity index (χ0v) is 9.71. The van der Waals surface area contributed by atoms with Crippen molar-refractivity contribution in [3.63, 3.8) is 0 Å². The number of hydrogen-bond acceptors (Lipinski definition) is 3. The van der Waals surface area contributed by atoms with E-state index in [2.05, 4.69) is 0 Å². The molecule has 3 nitrogen and oxygen atoms in total. The minimum Gasteiger partial charge on any atom is -0.353 e. The molecule has 0 N–H and O–H groups in total. The third-order valence-electron chi connectivity index (χ3n) is 1.90. The van der Waals surface area contributed by atoms with Gasteiger partial charge in [-0.3, -0.25) is 0 Å². The highest BCUT2D eigenvalue weighted by Crippen LogP contribution is 2.03. The maximum Gasteiger partial charge on any atom is 0.251 e. The lowest BCUT2D eigenvalue weighted by atomic mass is 10.3. The highest BCUT2D eigenvalue weighted by atomic mass is 19.3. The number of ether oxygens (including phenoxy) is 2. The number of alkyl halides is 2. The molecule has 0 radical (unpaired) electrons. The SMILES string of the molecule is CCOC(CCN(C)CC(F)F)OCC. The van der Waals surface area contributed by atoms with Gasteiger partial charge in [0.05, 0.1) is 6.54 Å². The second-order valence-electron chi connectivity index (χ2n) is 3.28. The molecule has 0 heterocycles. The van der Waals surface area contributed by atoms with Crippen LogP contribution in [-0.2, 0) is 9.47 Å². The fourth-order valence-corrected chi connectivity index (χ4v) is 1.24. The van der Waals surface area contributed by atoms with Gasteiger partial charge in [0.15, 0.2) is 6.29 Å². The van der Waals surface area contributed by atoms with Crippen LogP contribution in [0.2, 0.25) is 0 Å². The molecular formula is C10H21F2NO2. The maximum atomic E-state index is 12.0. The average molecular weight is 225 g/mol. The predicted octanol–water partition coefficient (Wildman–Crippen LogP) is 1.97. The van der Waals surface area contributed by atoms with Crippen LogP contribution in [0, 0.1) is 0 Å². The van der Waals surface area contributed by atoms with Crippen molar-refractivity contribution in [1.29, 1.82) is 0 Å². The van der Waals surface area contributed by atoms with Gasteiger partial charge < -0.3 is 14.4 Å². The molecule has 5 heteroatoms. The molecule has 92 valence electrons. The van der Waals surface area contributed by atoms with Gasteiger partial charge in [-0.1, -0.05) is 0 Å². The van der Waals surface area contributed by atoms with Crippen molar-refractivity contribution in [2.24, 2.45) is 0 Å². The van der Waals surface area contributed by atoms with E-state index in [0.29, 0.717) is 26.2 Å². The van der Waals surface area contributed by atoms with E-state index in [1.165, 1.54) is 0 Å². The van der Waals surface area contributed by atoms with E-state index in [0.717, 1.165) is 0 Å². The monoisotopic (exact) mass is 225 g/mol.